The molecule has 2 heterocycles. The molecule has 0 radical (unpaired) electrons. The van der Waals surface area contributed by atoms with Crippen LogP contribution in [0, 0.1) is 0 Å². The number of hydrogen-bond acceptors (Lipinski definition) is 5. The number of carbonyl (C=O) groups is 1. The highest BCUT2D eigenvalue weighted by Crippen LogP contribution is 2.21. The van der Waals surface area contributed by atoms with Crippen LogP contribution >= 0.6 is 0 Å². The van der Waals surface area contributed by atoms with Crippen LogP contribution < -0.4 is 10.6 Å². The molecule has 1 amide bonds. The van der Waals surface area contributed by atoms with Crippen LogP contribution in [0.5, 0.6) is 0 Å². The van der Waals surface area contributed by atoms with Crippen LogP contribution in [0.1, 0.15) is 12.8 Å². The lowest BCUT2D eigenvalue weighted by atomic mass is 10.1. The third kappa shape index (κ3) is 3.33. The second-order valence-electron chi connectivity index (χ2n) is 5.35. The van der Waals surface area contributed by atoms with Crippen LogP contribution in [0.15, 0.2) is 28.7 Å². The average molecular weight is 288 g/mol. The summed E-state index contributed by atoms with van der Waals surface area (Å²) in [6.07, 6.45) is 1.96. The number of anilines is 1. The predicted octanol–water partition coefficient (Wildman–Crippen LogP) is 1.45. The van der Waals surface area contributed by atoms with Gasteiger partial charge in [0.25, 0.3) is 6.01 Å². The van der Waals surface area contributed by atoms with Crippen molar-refractivity contribution in [2.45, 2.75) is 18.9 Å². The maximum absolute atomic E-state index is 11.4. The Labute approximate surface area is 123 Å². The molecule has 0 saturated carbocycles. The van der Waals surface area contributed by atoms with E-state index in [9.17, 15) is 4.79 Å². The second-order valence-corrected chi connectivity index (χ2v) is 5.35. The third-order valence-electron chi connectivity index (χ3n) is 3.86. The molecule has 1 aromatic carbocycles. The maximum Gasteiger partial charge on any atom is 0.295 e. The van der Waals surface area contributed by atoms with Gasteiger partial charge in [-0.3, -0.25) is 9.69 Å². The number of hydrogen-bond donors (Lipinski definition) is 2. The fraction of sp³-hybridized carbons (Fsp3) is 0.467. The summed E-state index contributed by atoms with van der Waals surface area (Å²) >= 11 is 0. The molecule has 0 atom stereocenters. The number of oxazole rings is 1. The van der Waals surface area contributed by atoms with Gasteiger partial charge in [0.2, 0.25) is 5.91 Å². The van der Waals surface area contributed by atoms with Crippen LogP contribution in [-0.4, -0.2) is 48.5 Å². The number of likely N-dealkylation sites (tertiary alicyclic amines) is 1. The summed E-state index contributed by atoms with van der Waals surface area (Å²) in [6, 6.07) is 8.68. The van der Waals surface area contributed by atoms with Gasteiger partial charge in [-0.2, -0.15) is 4.98 Å². The van der Waals surface area contributed by atoms with Gasteiger partial charge in [0.05, 0.1) is 6.54 Å². The highest BCUT2D eigenvalue weighted by molar-refractivity contribution is 5.77. The van der Waals surface area contributed by atoms with Gasteiger partial charge in [-0.15, -0.1) is 0 Å². The number of nitrogens with zero attached hydrogens (tertiary/aromatic N) is 2. The smallest absolute Gasteiger partial charge is 0.295 e. The van der Waals surface area contributed by atoms with Gasteiger partial charge in [-0.05, 0) is 25.0 Å². The average Bonchev–Trinajstić information content (AvgIpc) is 2.91. The molecule has 1 aliphatic heterocycles. The van der Waals surface area contributed by atoms with Crippen LogP contribution in [0.25, 0.3) is 11.1 Å². The van der Waals surface area contributed by atoms with Crippen LogP contribution in [0.2, 0.25) is 0 Å². The van der Waals surface area contributed by atoms with Gasteiger partial charge >= 0.3 is 0 Å². The molecule has 6 nitrogen and oxygen atoms in total. The van der Waals surface area contributed by atoms with Crippen LogP contribution in [0.3, 0.4) is 0 Å². The van der Waals surface area contributed by atoms with E-state index in [4.69, 9.17) is 4.42 Å². The number of rotatable bonds is 4. The topological polar surface area (TPSA) is 70.4 Å². The Bertz CT molecular complexity index is 584. The van der Waals surface area contributed by atoms with Crippen molar-refractivity contribution in [1.29, 1.82) is 0 Å². The standard InChI is InChI=1S/C15H20N4O2/c1-16-14(20)10-19-8-6-11(7-9-19)17-15-18-12-4-2-3-5-13(12)21-15/h2-5,11H,6-10H2,1H3,(H,16,20)(H,17,18). The Morgan fingerprint density at radius 1 is 1.38 bits per heavy atom. The summed E-state index contributed by atoms with van der Waals surface area (Å²) in [7, 11) is 1.67. The molecular weight excluding hydrogens is 268 g/mol. The largest absolute Gasteiger partial charge is 0.424 e. The molecule has 0 unspecified atom stereocenters. The van der Waals surface area contributed by atoms with E-state index in [1.165, 1.54) is 0 Å². The van der Waals surface area contributed by atoms with Gasteiger partial charge in [-0.25, -0.2) is 0 Å². The molecule has 21 heavy (non-hydrogen) atoms. The van der Waals surface area contributed by atoms with E-state index >= 15 is 0 Å². The van der Waals surface area contributed by atoms with E-state index in [1.807, 2.05) is 24.3 Å². The van der Waals surface area contributed by atoms with Crippen molar-refractivity contribution in [3.63, 3.8) is 0 Å². The number of para-hydroxylation sites is 2. The summed E-state index contributed by atoms with van der Waals surface area (Å²) in [6.45, 7) is 2.29. The fourth-order valence-corrected chi connectivity index (χ4v) is 2.63. The van der Waals surface area contributed by atoms with E-state index in [1.54, 1.807) is 7.05 Å². The van der Waals surface area contributed by atoms with E-state index in [-0.39, 0.29) is 5.91 Å². The van der Waals surface area contributed by atoms with Crippen molar-refractivity contribution >= 4 is 23.0 Å². The molecule has 0 spiro atoms. The van der Waals surface area contributed by atoms with Crippen molar-refractivity contribution in [3.8, 4) is 0 Å². The van der Waals surface area contributed by atoms with Gasteiger partial charge in [0.1, 0.15) is 5.52 Å². The molecule has 2 N–H and O–H groups in total. The van der Waals surface area contributed by atoms with Crippen molar-refractivity contribution in [3.05, 3.63) is 24.3 Å². The first-order valence-corrected chi connectivity index (χ1v) is 7.29. The summed E-state index contributed by atoms with van der Waals surface area (Å²) in [5.41, 5.74) is 1.68. The Morgan fingerprint density at radius 2 is 2.14 bits per heavy atom. The lowest BCUT2D eigenvalue weighted by molar-refractivity contribution is -0.122. The monoisotopic (exact) mass is 288 g/mol. The minimum Gasteiger partial charge on any atom is -0.424 e. The molecule has 0 aliphatic carbocycles. The van der Waals surface area contributed by atoms with Crippen molar-refractivity contribution in [2.24, 2.45) is 0 Å². The maximum atomic E-state index is 11.4. The number of aromatic nitrogens is 1. The molecule has 1 fully saturated rings. The third-order valence-corrected chi connectivity index (χ3v) is 3.86. The lowest BCUT2D eigenvalue weighted by Gasteiger charge is -2.31. The van der Waals surface area contributed by atoms with Crippen LogP contribution in [-0.2, 0) is 4.79 Å². The molecular formula is C15H20N4O2. The zero-order valence-electron chi connectivity index (χ0n) is 12.1. The Hall–Kier alpha value is -2.08. The molecule has 0 bridgehead atoms. The SMILES string of the molecule is CNC(=O)CN1CCC(Nc2nc3ccccc3o2)CC1. The molecule has 3 rings (SSSR count). The molecule has 6 heteroatoms. The van der Waals surface area contributed by atoms with E-state index < -0.39 is 0 Å². The van der Waals surface area contributed by atoms with E-state index in [2.05, 4.69) is 20.5 Å². The van der Waals surface area contributed by atoms with Crippen molar-refractivity contribution < 1.29 is 9.21 Å². The van der Waals surface area contributed by atoms with Gasteiger partial charge in [0, 0.05) is 26.2 Å². The second kappa shape index (κ2) is 6.13. The molecule has 1 aliphatic rings. The number of amides is 1. The highest BCUT2D eigenvalue weighted by atomic mass is 16.4. The number of carbonyl (C=O) groups excluding carboxylic acids is 1. The Kier molecular flexibility index (Phi) is 4.06. The van der Waals surface area contributed by atoms with Crippen molar-refractivity contribution in [2.75, 3.05) is 32.0 Å². The number of piperidine rings is 1. The summed E-state index contributed by atoms with van der Waals surface area (Å²) in [5.74, 6) is 0.0698. The minimum absolute atomic E-state index is 0.0698. The first kappa shape index (κ1) is 13.9. The van der Waals surface area contributed by atoms with E-state index in [0.29, 0.717) is 18.6 Å². The number of nitrogens with one attached hydrogen (secondary N) is 2. The first-order valence-electron chi connectivity index (χ1n) is 7.29. The molecule has 1 saturated heterocycles. The Balaban J connectivity index is 1.54. The summed E-state index contributed by atoms with van der Waals surface area (Å²) < 4.78 is 5.68. The zero-order valence-corrected chi connectivity index (χ0v) is 12.1. The van der Waals surface area contributed by atoms with Crippen molar-refractivity contribution in [1.82, 2.24) is 15.2 Å². The number of benzene rings is 1. The minimum atomic E-state index is 0.0698. The predicted molar refractivity (Wildman–Crippen MR) is 81.2 cm³/mol. The molecule has 2 aromatic rings. The number of likely N-dealkylation sites (N-methyl/N-ethyl adjacent to an activating group) is 1. The first-order chi connectivity index (χ1) is 10.2. The number of fused-ring (bicyclic) bond motifs is 1. The van der Waals surface area contributed by atoms with Gasteiger partial charge in [-0.1, -0.05) is 12.1 Å². The quantitative estimate of drug-likeness (QED) is 0.891. The van der Waals surface area contributed by atoms with Crippen LogP contribution in [0.4, 0.5) is 6.01 Å². The van der Waals surface area contributed by atoms with E-state index in [0.717, 1.165) is 37.0 Å². The normalized spacial score (nSPS) is 17.0. The Morgan fingerprint density at radius 3 is 2.86 bits per heavy atom. The van der Waals surface area contributed by atoms with Gasteiger partial charge in [0.15, 0.2) is 5.58 Å². The highest BCUT2D eigenvalue weighted by Gasteiger charge is 2.21. The molecule has 112 valence electrons. The fourth-order valence-electron chi connectivity index (χ4n) is 2.63. The zero-order chi connectivity index (χ0) is 14.7. The summed E-state index contributed by atoms with van der Waals surface area (Å²) in [5, 5.41) is 6.01. The summed E-state index contributed by atoms with van der Waals surface area (Å²) in [4.78, 5) is 18.0. The van der Waals surface area contributed by atoms with Gasteiger partial charge < -0.3 is 15.1 Å². The lowest BCUT2D eigenvalue weighted by Crippen LogP contribution is -2.43. The molecule has 1 aromatic heterocycles.